The van der Waals surface area contributed by atoms with Crippen molar-refractivity contribution in [3.63, 3.8) is 0 Å². The zero-order chi connectivity index (χ0) is 10.3. The molecule has 17 heavy (non-hydrogen) atoms. The summed E-state index contributed by atoms with van der Waals surface area (Å²) in [6, 6.07) is 6.85. The summed E-state index contributed by atoms with van der Waals surface area (Å²) < 4.78 is 5.51. The second-order valence-corrected chi connectivity index (χ2v) is 4.43. The van der Waals surface area contributed by atoms with Crippen LogP contribution in [0.4, 0.5) is 5.69 Å². The molecule has 1 unspecified atom stereocenters. The predicted octanol–water partition coefficient (Wildman–Crippen LogP) is 1.87. The number of hydrogen-bond donors (Lipinski definition) is 1. The van der Waals surface area contributed by atoms with Crippen LogP contribution in [0.5, 0.6) is 0 Å². The summed E-state index contributed by atoms with van der Waals surface area (Å²) >= 11 is 0. The predicted molar refractivity (Wildman–Crippen MR) is 74.1 cm³/mol. The van der Waals surface area contributed by atoms with Gasteiger partial charge in [0.15, 0.2) is 0 Å². The maximum atomic E-state index is 5.81. The molecule has 0 radical (unpaired) electrons. The Hall–Kier alpha value is -0.480. The van der Waals surface area contributed by atoms with E-state index in [0.29, 0.717) is 6.04 Å². The lowest BCUT2D eigenvalue weighted by atomic mass is 9.93. The molecule has 0 bridgehead atoms. The lowest BCUT2D eigenvalue weighted by Gasteiger charge is -2.39. The molecule has 0 saturated carbocycles. The Labute approximate surface area is 114 Å². The molecule has 0 amide bonds. The largest absolute Gasteiger partial charge is 0.399 e. The molecule has 5 heteroatoms. The van der Waals surface area contributed by atoms with Gasteiger partial charge in [-0.3, -0.25) is 4.90 Å². The van der Waals surface area contributed by atoms with Crippen LogP contribution in [0.2, 0.25) is 0 Å². The molecule has 96 valence electrons. The van der Waals surface area contributed by atoms with E-state index in [1.165, 1.54) is 11.1 Å². The quantitative estimate of drug-likeness (QED) is 0.736. The smallest absolute Gasteiger partial charge is 0.0625 e. The van der Waals surface area contributed by atoms with Gasteiger partial charge in [0.2, 0.25) is 0 Å². The third-order valence-electron chi connectivity index (χ3n) is 3.41. The Balaban J connectivity index is 0.000000722. The van der Waals surface area contributed by atoms with Gasteiger partial charge in [-0.15, -0.1) is 24.8 Å². The Morgan fingerprint density at radius 2 is 2.06 bits per heavy atom. The first kappa shape index (κ1) is 14.6. The summed E-state index contributed by atoms with van der Waals surface area (Å²) in [6.07, 6.45) is 1.11. The molecule has 3 nitrogen and oxygen atoms in total. The number of morpholine rings is 1. The average molecular weight is 277 g/mol. The van der Waals surface area contributed by atoms with Crippen molar-refractivity contribution in [1.82, 2.24) is 4.90 Å². The molecule has 1 fully saturated rings. The van der Waals surface area contributed by atoms with Crippen LogP contribution in [0.3, 0.4) is 0 Å². The van der Waals surface area contributed by atoms with Gasteiger partial charge in [0.25, 0.3) is 0 Å². The zero-order valence-corrected chi connectivity index (χ0v) is 11.2. The van der Waals surface area contributed by atoms with E-state index >= 15 is 0 Å². The molecule has 2 N–H and O–H groups in total. The minimum Gasteiger partial charge on any atom is -0.399 e. The Bertz CT molecular complexity index is 387. The van der Waals surface area contributed by atoms with E-state index in [0.717, 1.165) is 38.4 Å². The first-order chi connectivity index (χ1) is 7.33. The molecular weight excluding hydrogens is 259 g/mol. The Morgan fingerprint density at radius 3 is 2.88 bits per heavy atom. The highest BCUT2D eigenvalue weighted by Crippen LogP contribution is 2.26. The second-order valence-electron chi connectivity index (χ2n) is 4.43. The van der Waals surface area contributed by atoms with Crippen LogP contribution >= 0.6 is 24.8 Å². The van der Waals surface area contributed by atoms with Crippen LogP contribution in [0.15, 0.2) is 18.2 Å². The first-order valence-electron chi connectivity index (χ1n) is 5.52. The molecule has 3 rings (SSSR count). The van der Waals surface area contributed by atoms with Gasteiger partial charge in [-0.05, 0) is 29.7 Å². The van der Waals surface area contributed by atoms with Gasteiger partial charge in [-0.2, -0.15) is 0 Å². The number of halogens is 2. The third-order valence-corrected chi connectivity index (χ3v) is 3.41. The zero-order valence-electron chi connectivity index (χ0n) is 9.59. The van der Waals surface area contributed by atoms with Gasteiger partial charge in [-0.25, -0.2) is 0 Å². The van der Waals surface area contributed by atoms with Crippen LogP contribution in [-0.2, 0) is 17.7 Å². The lowest BCUT2D eigenvalue weighted by molar-refractivity contribution is -0.0163. The molecule has 0 spiro atoms. The van der Waals surface area contributed by atoms with E-state index < -0.39 is 0 Å². The van der Waals surface area contributed by atoms with Crippen LogP contribution in [0.25, 0.3) is 0 Å². The topological polar surface area (TPSA) is 38.5 Å². The number of nitrogens with zero attached hydrogens (tertiary/aromatic N) is 1. The van der Waals surface area contributed by atoms with Crippen molar-refractivity contribution in [2.24, 2.45) is 0 Å². The molecule has 1 aromatic carbocycles. The van der Waals surface area contributed by atoms with Crippen molar-refractivity contribution >= 4 is 30.5 Å². The summed E-state index contributed by atoms with van der Waals surface area (Å²) in [6.45, 7) is 3.84. The molecule has 0 aromatic heterocycles. The highest BCUT2D eigenvalue weighted by molar-refractivity contribution is 5.85. The van der Waals surface area contributed by atoms with E-state index in [-0.39, 0.29) is 24.8 Å². The van der Waals surface area contributed by atoms with Crippen molar-refractivity contribution in [3.05, 3.63) is 29.3 Å². The van der Waals surface area contributed by atoms with Crippen molar-refractivity contribution in [3.8, 4) is 0 Å². The molecular formula is C12H18Cl2N2O. The number of fused-ring (bicyclic) bond motifs is 2. The molecule has 2 aliphatic heterocycles. The number of rotatable bonds is 0. The average Bonchev–Trinajstić information content (AvgIpc) is 2.26. The summed E-state index contributed by atoms with van der Waals surface area (Å²) in [7, 11) is 0. The van der Waals surface area contributed by atoms with E-state index in [1.54, 1.807) is 0 Å². The number of nitrogens with two attached hydrogens (primary N) is 1. The van der Waals surface area contributed by atoms with Gasteiger partial charge < -0.3 is 10.5 Å². The molecule has 1 aromatic rings. The van der Waals surface area contributed by atoms with E-state index in [9.17, 15) is 0 Å². The number of nitrogen functional groups attached to an aromatic ring is 1. The minimum atomic E-state index is 0. The molecule has 2 heterocycles. The van der Waals surface area contributed by atoms with Gasteiger partial charge in [0, 0.05) is 24.8 Å². The Morgan fingerprint density at radius 1 is 1.24 bits per heavy atom. The fourth-order valence-electron chi connectivity index (χ4n) is 2.55. The standard InChI is InChI=1S/C12H16N2O.2ClH/c13-11-2-1-9-6-12-8-15-4-3-14(12)7-10(9)5-11;;/h1-2,5,12H,3-4,6-8,13H2;2*1H. The van der Waals surface area contributed by atoms with Crippen LogP contribution in [0.1, 0.15) is 11.1 Å². The van der Waals surface area contributed by atoms with E-state index in [1.807, 2.05) is 6.07 Å². The minimum absolute atomic E-state index is 0. The summed E-state index contributed by atoms with van der Waals surface area (Å²) in [5.41, 5.74) is 9.52. The maximum Gasteiger partial charge on any atom is 0.0625 e. The fraction of sp³-hybridized carbons (Fsp3) is 0.500. The van der Waals surface area contributed by atoms with E-state index in [4.69, 9.17) is 10.5 Å². The van der Waals surface area contributed by atoms with Crippen LogP contribution < -0.4 is 5.73 Å². The second kappa shape index (κ2) is 5.91. The number of ether oxygens (including phenoxy) is 1. The van der Waals surface area contributed by atoms with Crippen molar-refractivity contribution in [1.29, 1.82) is 0 Å². The van der Waals surface area contributed by atoms with Gasteiger partial charge in [0.05, 0.1) is 13.2 Å². The maximum absolute atomic E-state index is 5.81. The SMILES string of the molecule is Cl.Cl.Nc1ccc2c(c1)CN1CCOCC1C2. The van der Waals surface area contributed by atoms with Crippen molar-refractivity contribution in [2.45, 2.75) is 19.0 Å². The highest BCUT2D eigenvalue weighted by Gasteiger charge is 2.28. The highest BCUT2D eigenvalue weighted by atomic mass is 35.5. The first-order valence-corrected chi connectivity index (χ1v) is 5.52. The monoisotopic (exact) mass is 276 g/mol. The molecule has 2 aliphatic rings. The van der Waals surface area contributed by atoms with E-state index in [2.05, 4.69) is 17.0 Å². The normalized spacial score (nSPS) is 22.7. The summed E-state index contributed by atoms with van der Waals surface area (Å²) in [5, 5.41) is 0. The molecule has 1 atom stereocenters. The molecule has 0 aliphatic carbocycles. The number of benzene rings is 1. The van der Waals surface area contributed by atoms with Crippen LogP contribution in [0, 0.1) is 0 Å². The number of anilines is 1. The van der Waals surface area contributed by atoms with Gasteiger partial charge in [-0.1, -0.05) is 6.07 Å². The Kier molecular flexibility index (Phi) is 5.07. The molecule has 1 saturated heterocycles. The van der Waals surface area contributed by atoms with Crippen molar-refractivity contribution < 1.29 is 4.74 Å². The number of hydrogen-bond acceptors (Lipinski definition) is 3. The van der Waals surface area contributed by atoms with Gasteiger partial charge >= 0.3 is 0 Å². The van der Waals surface area contributed by atoms with Crippen molar-refractivity contribution in [2.75, 3.05) is 25.5 Å². The summed E-state index contributed by atoms with van der Waals surface area (Å²) in [4.78, 5) is 2.51. The summed E-state index contributed by atoms with van der Waals surface area (Å²) in [5.74, 6) is 0. The lowest BCUT2D eigenvalue weighted by Crippen LogP contribution is -2.48. The fourth-order valence-corrected chi connectivity index (χ4v) is 2.55. The third kappa shape index (κ3) is 2.86. The van der Waals surface area contributed by atoms with Gasteiger partial charge in [0.1, 0.15) is 0 Å². The van der Waals surface area contributed by atoms with Crippen LogP contribution in [-0.4, -0.2) is 30.7 Å².